The van der Waals surface area contributed by atoms with Gasteiger partial charge < -0.3 is 9.47 Å². The quantitative estimate of drug-likeness (QED) is 0.174. The number of hydrogen-bond acceptors (Lipinski definition) is 12. The number of methoxy groups -OCH3 is 2. The first-order valence-electron chi connectivity index (χ1n) is 11.0. The average Bonchev–Trinajstić information content (AvgIpc) is 2.91. The van der Waals surface area contributed by atoms with E-state index in [2.05, 4.69) is 21.1 Å². The van der Waals surface area contributed by atoms with Crippen molar-refractivity contribution in [3.05, 3.63) is 91.8 Å². The van der Waals surface area contributed by atoms with E-state index >= 15 is 0 Å². The first kappa shape index (κ1) is 28.3. The van der Waals surface area contributed by atoms with Gasteiger partial charge in [0.2, 0.25) is 0 Å². The van der Waals surface area contributed by atoms with Crippen molar-refractivity contribution in [1.29, 1.82) is 0 Å². The minimum atomic E-state index is -5.07. The zero-order valence-corrected chi connectivity index (χ0v) is 22.1. The van der Waals surface area contributed by atoms with E-state index in [9.17, 15) is 34.2 Å². The molecule has 0 spiro atoms. The van der Waals surface area contributed by atoms with Gasteiger partial charge in [0, 0.05) is 10.8 Å². The van der Waals surface area contributed by atoms with Crippen molar-refractivity contribution in [2.45, 2.75) is 9.79 Å². The Kier molecular flexibility index (Phi) is 7.66. The number of rotatable bonds is 8. The van der Waals surface area contributed by atoms with Crippen LogP contribution >= 0.6 is 0 Å². The summed E-state index contributed by atoms with van der Waals surface area (Å²) in [6.07, 6.45) is 0. The van der Waals surface area contributed by atoms with Crippen LogP contribution in [-0.4, -0.2) is 31.1 Å². The third-order valence-electron chi connectivity index (χ3n) is 5.55. The topological polar surface area (TPSA) is 170 Å². The molecule has 12 nitrogen and oxygen atoms in total. The lowest BCUT2D eigenvalue weighted by Gasteiger charge is -2.09. The third-order valence-corrected chi connectivity index (χ3v) is 7.19. The smallest absolute Gasteiger partial charge is 0.332 e. The maximum absolute atomic E-state index is 13.5. The van der Waals surface area contributed by atoms with Crippen molar-refractivity contribution >= 4 is 42.6 Å². The van der Waals surface area contributed by atoms with E-state index in [1.54, 1.807) is 12.1 Å². The molecule has 0 saturated heterocycles. The number of fused-ring (bicyclic) bond motifs is 1. The lowest BCUT2D eigenvalue weighted by molar-refractivity contribution is 0.416. The molecule has 4 rings (SSSR count). The summed E-state index contributed by atoms with van der Waals surface area (Å²) in [4.78, 5) is 24.7. The van der Waals surface area contributed by atoms with E-state index in [0.717, 1.165) is 24.3 Å². The summed E-state index contributed by atoms with van der Waals surface area (Å²) in [6, 6.07) is 12.1. The van der Waals surface area contributed by atoms with Gasteiger partial charge in [-0.1, -0.05) is 24.3 Å². The summed E-state index contributed by atoms with van der Waals surface area (Å²) in [5.41, 5.74) is 2.45. The minimum Gasteiger partial charge on any atom is -0.495 e. The van der Waals surface area contributed by atoms with Crippen LogP contribution in [0.2, 0.25) is 0 Å². The molecule has 0 radical (unpaired) electrons. The van der Waals surface area contributed by atoms with Gasteiger partial charge in [0.15, 0.2) is 0 Å². The molecule has 40 heavy (non-hydrogen) atoms. The molecule has 208 valence electrons. The summed E-state index contributed by atoms with van der Waals surface area (Å²) >= 11 is 0. The van der Waals surface area contributed by atoms with Gasteiger partial charge in [0.1, 0.15) is 32.0 Å². The molecule has 4 aromatic rings. The molecule has 16 heteroatoms. The van der Waals surface area contributed by atoms with Gasteiger partial charge in [0.25, 0.3) is 10.9 Å². The van der Waals surface area contributed by atoms with Gasteiger partial charge in [-0.15, -0.1) is 7.77 Å². The Balaban J connectivity index is 1.89. The minimum absolute atomic E-state index is 0.0672. The third kappa shape index (κ3) is 5.67. The van der Waals surface area contributed by atoms with Gasteiger partial charge in [-0.2, -0.15) is 27.0 Å². The highest BCUT2D eigenvalue weighted by molar-refractivity contribution is 7.86. The Morgan fingerprint density at radius 2 is 1.02 bits per heavy atom. The molecule has 0 aliphatic rings. The second kappa shape index (κ2) is 10.8. The van der Waals surface area contributed by atoms with Crippen molar-refractivity contribution in [2.24, 2.45) is 10.2 Å². The molecular weight excluding hydrogens is 574 g/mol. The van der Waals surface area contributed by atoms with Crippen LogP contribution < -0.4 is 41.9 Å². The lowest BCUT2D eigenvalue weighted by atomic mass is 10.1. The largest absolute Gasteiger partial charge is 0.495 e. The van der Waals surface area contributed by atoms with E-state index in [1.165, 1.54) is 38.5 Å². The fourth-order valence-electron chi connectivity index (χ4n) is 3.66. The molecule has 0 heterocycles. The number of ether oxygens (including phenoxy) is 2. The van der Waals surface area contributed by atoms with Gasteiger partial charge in [-0.3, -0.25) is 20.4 Å². The molecule has 0 aliphatic heterocycles. The molecule has 0 unspecified atom stereocenters. The summed E-state index contributed by atoms with van der Waals surface area (Å²) in [5, 5.41) is 7.52. The highest BCUT2D eigenvalue weighted by Gasteiger charge is 2.17. The number of nitrogens with zero attached hydrogens (tertiary/aromatic N) is 2. The van der Waals surface area contributed by atoms with Gasteiger partial charge in [0.05, 0.1) is 25.6 Å². The van der Waals surface area contributed by atoms with Crippen LogP contribution in [0.25, 0.3) is 10.8 Å². The molecule has 0 bridgehead atoms. The van der Waals surface area contributed by atoms with E-state index in [0.29, 0.717) is 0 Å². The summed E-state index contributed by atoms with van der Waals surface area (Å²) in [5.74, 6) is 0.134. The monoisotopic (exact) mass is 592 g/mol. The van der Waals surface area contributed by atoms with Crippen LogP contribution in [0.5, 0.6) is 11.5 Å². The summed E-state index contributed by atoms with van der Waals surface area (Å²) < 4.78 is 82.5. The maximum atomic E-state index is 13.5. The second-order valence-electron chi connectivity index (χ2n) is 7.95. The first-order valence-corrected chi connectivity index (χ1v) is 13.7. The van der Waals surface area contributed by atoms with Gasteiger partial charge >= 0.3 is 20.4 Å². The van der Waals surface area contributed by atoms with E-state index in [1.807, 2.05) is 0 Å². The van der Waals surface area contributed by atoms with Gasteiger partial charge in [-0.05, 0) is 36.4 Å². The van der Waals surface area contributed by atoms with E-state index in [4.69, 9.17) is 9.47 Å². The molecular formula is C24H18F2N4O8S2. The molecule has 4 aromatic carbocycles. The Morgan fingerprint density at radius 3 is 1.35 bits per heavy atom. The SMILES string of the molecule is COc1ccc(S(=O)(=O)F)cc1N/N=c1\c(=O)c(=O)/c(=N\Nc2cc(S(=O)(=O)F)ccc2OC)c2ccccc12. The number of nitrogens with one attached hydrogen (secondary N) is 2. The van der Waals surface area contributed by atoms with Crippen LogP contribution in [0.3, 0.4) is 0 Å². The van der Waals surface area contributed by atoms with Crippen LogP contribution in [0.15, 0.2) is 90.2 Å². The molecule has 0 aromatic heterocycles. The molecule has 2 N–H and O–H groups in total. The number of anilines is 2. The highest BCUT2D eigenvalue weighted by Crippen LogP contribution is 2.29. The Morgan fingerprint density at radius 1 is 0.650 bits per heavy atom. The predicted octanol–water partition coefficient (Wildman–Crippen LogP) is 1.62. The zero-order valence-electron chi connectivity index (χ0n) is 20.5. The second-order valence-corrected chi connectivity index (χ2v) is 10.6. The maximum Gasteiger partial charge on any atom is 0.332 e. The fraction of sp³-hybridized carbons (Fsp3) is 0.0833. The summed E-state index contributed by atoms with van der Waals surface area (Å²) in [6.45, 7) is 0. The average molecular weight is 593 g/mol. The van der Waals surface area contributed by atoms with Crippen molar-refractivity contribution in [3.8, 4) is 11.5 Å². The normalized spacial score (nSPS) is 12.9. The molecule has 0 aliphatic carbocycles. The summed E-state index contributed by atoms with van der Waals surface area (Å²) in [7, 11) is -7.59. The van der Waals surface area contributed by atoms with E-state index in [-0.39, 0.29) is 44.4 Å². The molecule has 0 saturated carbocycles. The first-order chi connectivity index (χ1) is 18.8. The lowest BCUT2D eigenvalue weighted by Crippen LogP contribution is -2.48. The molecule has 0 amide bonds. The van der Waals surface area contributed by atoms with Crippen molar-refractivity contribution < 1.29 is 34.1 Å². The number of halogens is 2. The zero-order chi connectivity index (χ0) is 29.2. The van der Waals surface area contributed by atoms with E-state index < -0.39 is 41.1 Å². The number of hydrogen-bond donors (Lipinski definition) is 2. The van der Waals surface area contributed by atoms with Crippen LogP contribution in [0.1, 0.15) is 0 Å². The van der Waals surface area contributed by atoms with Crippen LogP contribution in [-0.2, 0) is 20.4 Å². The van der Waals surface area contributed by atoms with Crippen molar-refractivity contribution in [2.75, 3.05) is 25.1 Å². The highest BCUT2D eigenvalue weighted by atomic mass is 32.3. The number of benzene rings is 4. The Bertz CT molecular complexity index is 1940. The standard InChI is InChI=1S/C24H18F2N4O8S2/c1-37-19-9-7-13(39(25,33)34)11-17(19)27-29-21-15-5-3-4-6-16(15)22(24(32)23(21)31)30-28-18-12-14(40(26,35)36)8-10-20(18)38-2/h3-12,27-28H,1-2H3/b29-21-,30-22-. The molecule has 0 atom stereocenters. The fourth-order valence-corrected chi connectivity index (χ4v) is 4.64. The Hall–Kier alpha value is -4.70. The van der Waals surface area contributed by atoms with Crippen LogP contribution in [0, 0.1) is 0 Å². The van der Waals surface area contributed by atoms with Crippen LogP contribution in [0.4, 0.5) is 19.1 Å². The predicted molar refractivity (Wildman–Crippen MR) is 140 cm³/mol. The Labute approximate surface area is 225 Å². The van der Waals surface area contributed by atoms with Crippen molar-refractivity contribution in [3.63, 3.8) is 0 Å². The van der Waals surface area contributed by atoms with Crippen molar-refractivity contribution in [1.82, 2.24) is 0 Å². The molecule has 0 fully saturated rings. The van der Waals surface area contributed by atoms with Gasteiger partial charge in [-0.25, -0.2) is 0 Å².